The first kappa shape index (κ1) is 14.3. The molecule has 0 amide bonds. The first-order chi connectivity index (χ1) is 12.1. The number of hydrogen-bond acceptors (Lipinski definition) is 6. The largest absolute Gasteiger partial charge is 0.647 e. The molecule has 2 aliphatic heterocycles. The number of benzene rings is 3. The number of aromatic hydroxyl groups is 1. The summed E-state index contributed by atoms with van der Waals surface area (Å²) in [6, 6.07) is 18.1. The third-order valence-electron chi connectivity index (χ3n) is 3.93. The molecule has 0 spiro atoms. The summed E-state index contributed by atoms with van der Waals surface area (Å²) in [7, 11) is -3.82. The van der Waals surface area contributed by atoms with Crippen molar-refractivity contribution in [2.24, 2.45) is 0 Å². The lowest BCUT2D eigenvalue weighted by atomic mass is 10.0. The molecule has 1 N–H and O–H groups in total. The molecule has 2 heterocycles. The Morgan fingerprint density at radius 3 is 2.12 bits per heavy atom. The highest BCUT2D eigenvalue weighted by molar-refractivity contribution is 7.50. The molecule has 0 saturated carbocycles. The maximum absolute atomic E-state index is 12.5. The van der Waals surface area contributed by atoms with Gasteiger partial charge in [0.2, 0.25) is 17.2 Å². The Morgan fingerprint density at radius 2 is 1.40 bits per heavy atom. The SMILES string of the molecule is O=P12Oc3c(O)c(-c4ccccc4)c(c(Oc4ccccc4)c3O1)O2. The number of phenols is 1. The van der Waals surface area contributed by atoms with Gasteiger partial charge in [-0.25, -0.2) is 0 Å². The van der Waals surface area contributed by atoms with Gasteiger partial charge < -0.3 is 23.4 Å². The predicted octanol–water partition coefficient (Wildman–Crippen LogP) is 5.12. The van der Waals surface area contributed by atoms with Crippen molar-refractivity contribution in [2.75, 3.05) is 0 Å². The van der Waals surface area contributed by atoms with Crippen LogP contribution in [0.4, 0.5) is 0 Å². The van der Waals surface area contributed by atoms with Crippen LogP contribution in [0.2, 0.25) is 0 Å². The van der Waals surface area contributed by atoms with E-state index in [0.717, 1.165) is 0 Å². The highest BCUT2D eigenvalue weighted by atomic mass is 31.2. The standard InChI is InChI=1S/C18H11O6P/c19-14-13(11-7-3-1-4-8-11)15-17(21-12-9-5-2-6-10-12)18-16(14)23-25(20,22-15)24-18/h1-10,19H. The number of para-hydroxylation sites is 1. The molecule has 3 bridgehead atoms. The van der Waals surface area contributed by atoms with Crippen LogP contribution >= 0.6 is 7.82 Å². The Morgan fingerprint density at radius 1 is 0.800 bits per heavy atom. The fourth-order valence-corrected chi connectivity index (χ4v) is 4.16. The number of fused-ring (bicyclic) bond motifs is 2. The van der Waals surface area contributed by atoms with Gasteiger partial charge in [-0.15, -0.1) is 0 Å². The van der Waals surface area contributed by atoms with Gasteiger partial charge in [0.1, 0.15) is 5.75 Å². The van der Waals surface area contributed by atoms with E-state index in [4.69, 9.17) is 18.3 Å². The second kappa shape index (κ2) is 4.94. The van der Waals surface area contributed by atoms with Crippen LogP contribution in [0.15, 0.2) is 60.7 Å². The summed E-state index contributed by atoms with van der Waals surface area (Å²) in [6.45, 7) is 0. The second-order valence-corrected chi connectivity index (χ2v) is 6.98. The highest BCUT2D eigenvalue weighted by Gasteiger charge is 2.53. The molecule has 3 aromatic rings. The van der Waals surface area contributed by atoms with E-state index in [1.807, 2.05) is 36.4 Å². The maximum atomic E-state index is 12.5. The average Bonchev–Trinajstić information content (AvgIpc) is 2.87. The molecule has 1 atom stereocenters. The fourth-order valence-electron chi connectivity index (χ4n) is 2.87. The first-order valence-electron chi connectivity index (χ1n) is 7.55. The van der Waals surface area contributed by atoms with E-state index >= 15 is 0 Å². The number of phosphoric ester groups is 1. The van der Waals surface area contributed by atoms with E-state index in [1.54, 1.807) is 24.3 Å². The number of ether oxygens (including phenoxy) is 1. The molecule has 0 saturated heterocycles. The van der Waals surface area contributed by atoms with Crippen LogP contribution < -0.4 is 18.3 Å². The lowest BCUT2D eigenvalue weighted by Crippen LogP contribution is -2.05. The van der Waals surface area contributed by atoms with Gasteiger partial charge in [0.25, 0.3) is 0 Å². The van der Waals surface area contributed by atoms with Gasteiger partial charge in [0, 0.05) is 0 Å². The molecule has 25 heavy (non-hydrogen) atoms. The zero-order valence-corrected chi connectivity index (χ0v) is 13.6. The van der Waals surface area contributed by atoms with E-state index in [-0.39, 0.29) is 28.7 Å². The van der Waals surface area contributed by atoms with Crippen molar-refractivity contribution < 1.29 is 28.0 Å². The van der Waals surface area contributed by atoms with Crippen molar-refractivity contribution in [3.63, 3.8) is 0 Å². The summed E-state index contributed by atoms with van der Waals surface area (Å²) >= 11 is 0. The first-order valence-corrected chi connectivity index (χ1v) is 9.01. The predicted molar refractivity (Wildman–Crippen MR) is 89.5 cm³/mol. The van der Waals surface area contributed by atoms with Crippen LogP contribution in [0, 0.1) is 0 Å². The number of rotatable bonds is 3. The number of phosphoric acid groups is 1. The van der Waals surface area contributed by atoms with Crippen LogP contribution in [0.25, 0.3) is 11.1 Å². The average molecular weight is 354 g/mol. The van der Waals surface area contributed by atoms with Crippen LogP contribution in [-0.2, 0) is 4.57 Å². The zero-order valence-electron chi connectivity index (χ0n) is 12.7. The van der Waals surface area contributed by atoms with Gasteiger partial charge >= 0.3 is 7.82 Å². The van der Waals surface area contributed by atoms with E-state index in [9.17, 15) is 9.67 Å². The molecular weight excluding hydrogens is 343 g/mol. The maximum Gasteiger partial charge on any atom is 0.647 e. The lowest BCUT2D eigenvalue weighted by Gasteiger charge is -2.21. The van der Waals surface area contributed by atoms with Gasteiger partial charge in [0.05, 0.1) is 5.56 Å². The second-order valence-electron chi connectivity index (χ2n) is 5.54. The third-order valence-corrected chi connectivity index (χ3v) is 5.15. The molecule has 0 radical (unpaired) electrons. The van der Waals surface area contributed by atoms with Crippen LogP contribution in [-0.4, -0.2) is 5.11 Å². The monoisotopic (exact) mass is 354 g/mol. The summed E-state index contributed by atoms with van der Waals surface area (Å²) in [5.41, 5.74) is 1.03. The smallest absolute Gasteiger partial charge is 0.504 e. The molecule has 124 valence electrons. The van der Waals surface area contributed by atoms with Crippen LogP contribution in [0.5, 0.6) is 34.5 Å². The van der Waals surface area contributed by atoms with Gasteiger partial charge in [-0.05, 0) is 17.7 Å². The van der Waals surface area contributed by atoms with Gasteiger partial charge in [-0.3, -0.25) is 0 Å². The minimum Gasteiger partial charge on any atom is -0.504 e. The van der Waals surface area contributed by atoms with E-state index in [0.29, 0.717) is 16.9 Å². The van der Waals surface area contributed by atoms with Gasteiger partial charge in [0.15, 0.2) is 11.5 Å². The van der Waals surface area contributed by atoms with Crippen LogP contribution in [0.3, 0.4) is 0 Å². The van der Waals surface area contributed by atoms with E-state index < -0.39 is 7.82 Å². The normalized spacial score (nSPS) is 19.0. The third kappa shape index (κ3) is 2.08. The summed E-state index contributed by atoms with van der Waals surface area (Å²) in [5, 5.41) is 10.6. The quantitative estimate of drug-likeness (QED) is 0.658. The fraction of sp³-hybridized carbons (Fsp3) is 0. The molecule has 0 fully saturated rings. The topological polar surface area (TPSA) is 74.2 Å². The molecule has 7 heteroatoms. The lowest BCUT2D eigenvalue weighted by molar-refractivity contribution is 0.308. The van der Waals surface area contributed by atoms with E-state index in [1.165, 1.54) is 0 Å². The zero-order chi connectivity index (χ0) is 17.0. The molecule has 1 unspecified atom stereocenters. The summed E-state index contributed by atoms with van der Waals surface area (Å²) in [5.74, 6) is 0.776. The Kier molecular flexibility index (Phi) is 2.82. The van der Waals surface area contributed by atoms with Crippen molar-refractivity contribution in [1.82, 2.24) is 0 Å². The number of hydrogen-bond donors (Lipinski definition) is 1. The van der Waals surface area contributed by atoms with Crippen molar-refractivity contribution in [3.05, 3.63) is 60.7 Å². The molecule has 0 aliphatic carbocycles. The number of phenolic OH excluding ortho intramolecular Hbond substituents is 1. The molecule has 5 rings (SSSR count). The van der Waals surface area contributed by atoms with Gasteiger partial charge in [-0.2, -0.15) is 4.57 Å². The molecule has 2 aliphatic rings. The molecular formula is C18H11O6P. The van der Waals surface area contributed by atoms with Crippen LogP contribution in [0.1, 0.15) is 0 Å². The molecule has 6 nitrogen and oxygen atoms in total. The van der Waals surface area contributed by atoms with Crippen molar-refractivity contribution in [2.45, 2.75) is 0 Å². The minimum atomic E-state index is -3.82. The Hall–Kier alpha value is -3.11. The van der Waals surface area contributed by atoms with Crippen molar-refractivity contribution in [3.8, 4) is 45.6 Å². The molecule has 3 aromatic carbocycles. The van der Waals surface area contributed by atoms with Gasteiger partial charge in [-0.1, -0.05) is 48.5 Å². The van der Waals surface area contributed by atoms with E-state index in [2.05, 4.69) is 0 Å². The summed E-state index contributed by atoms with van der Waals surface area (Å²) in [6.07, 6.45) is 0. The Labute approximate surface area is 142 Å². The highest BCUT2D eigenvalue weighted by Crippen LogP contribution is 2.74. The molecule has 0 aromatic heterocycles. The summed E-state index contributed by atoms with van der Waals surface area (Å²) in [4.78, 5) is 0. The Bertz CT molecular complexity index is 1030. The summed E-state index contributed by atoms with van der Waals surface area (Å²) < 4.78 is 34.4. The Balaban J connectivity index is 1.77. The van der Waals surface area contributed by atoms with Crippen molar-refractivity contribution >= 4 is 7.82 Å². The minimum absolute atomic E-state index is 0.0330. The van der Waals surface area contributed by atoms with Crippen molar-refractivity contribution in [1.29, 1.82) is 0 Å².